The lowest BCUT2D eigenvalue weighted by molar-refractivity contribution is -0.385. The summed E-state index contributed by atoms with van der Waals surface area (Å²) in [5, 5.41) is 20.4. The average Bonchev–Trinajstić information content (AvgIpc) is 2.38. The molecule has 0 radical (unpaired) electrons. The van der Waals surface area contributed by atoms with Gasteiger partial charge in [0.2, 0.25) is 5.75 Å². The maximum atomic E-state index is 10.9. The smallest absolute Gasteiger partial charge is 0.311 e. The lowest BCUT2D eigenvalue weighted by atomic mass is 10.1. The van der Waals surface area contributed by atoms with Gasteiger partial charge in [0, 0.05) is 10.5 Å². The van der Waals surface area contributed by atoms with Crippen molar-refractivity contribution >= 4 is 21.6 Å². The minimum Gasteiger partial charge on any atom is -0.450 e. The fourth-order valence-electron chi connectivity index (χ4n) is 1.73. The number of aliphatic hydroxyl groups excluding tert-OH is 1. The van der Waals surface area contributed by atoms with Gasteiger partial charge in [-0.2, -0.15) is 0 Å². The number of hydrogen-bond acceptors (Lipinski definition) is 4. The number of hydrogen-bond donors (Lipinski definition) is 1. The summed E-state index contributed by atoms with van der Waals surface area (Å²) in [6.45, 7) is 1.66. The van der Waals surface area contributed by atoms with Crippen molar-refractivity contribution in [2.45, 2.75) is 13.0 Å². The Hall–Kier alpha value is -1.92. The molecule has 0 bridgehead atoms. The molecule has 104 valence electrons. The molecule has 0 saturated heterocycles. The normalized spacial score (nSPS) is 11.9. The van der Waals surface area contributed by atoms with Gasteiger partial charge in [-0.1, -0.05) is 34.1 Å². The number of benzene rings is 2. The molecule has 1 N–H and O–H groups in total. The van der Waals surface area contributed by atoms with Crippen LogP contribution in [0.15, 0.2) is 46.9 Å². The van der Waals surface area contributed by atoms with Gasteiger partial charge < -0.3 is 9.84 Å². The molecular weight excluding hydrogens is 326 g/mol. The predicted molar refractivity (Wildman–Crippen MR) is 77.9 cm³/mol. The van der Waals surface area contributed by atoms with E-state index in [0.717, 1.165) is 5.56 Å². The Labute approximate surface area is 124 Å². The second kappa shape index (κ2) is 6.02. The maximum Gasteiger partial charge on any atom is 0.311 e. The Kier molecular flexibility index (Phi) is 4.36. The first-order chi connectivity index (χ1) is 9.49. The standard InChI is InChI=1S/C14H12BrNO4/c1-9(17)11-7-6-10(8-12(11)15)20-14-5-3-2-4-13(14)16(18)19/h2-9,17H,1H3/t9-/m1/s1. The second-order valence-electron chi connectivity index (χ2n) is 4.19. The van der Waals surface area contributed by atoms with Crippen LogP contribution < -0.4 is 4.74 Å². The van der Waals surface area contributed by atoms with Crippen molar-refractivity contribution in [1.82, 2.24) is 0 Å². The average molecular weight is 338 g/mol. The van der Waals surface area contributed by atoms with Crippen LogP contribution in [0.2, 0.25) is 0 Å². The second-order valence-corrected chi connectivity index (χ2v) is 5.04. The van der Waals surface area contributed by atoms with Crippen LogP contribution in [0.5, 0.6) is 11.5 Å². The number of nitro benzene ring substituents is 1. The molecule has 20 heavy (non-hydrogen) atoms. The predicted octanol–water partition coefficient (Wildman–Crippen LogP) is 4.20. The van der Waals surface area contributed by atoms with Crippen molar-refractivity contribution < 1.29 is 14.8 Å². The molecule has 0 heterocycles. The topological polar surface area (TPSA) is 72.6 Å². The van der Waals surface area contributed by atoms with E-state index in [9.17, 15) is 15.2 Å². The third-order valence-electron chi connectivity index (χ3n) is 2.71. The van der Waals surface area contributed by atoms with Crippen molar-refractivity contribution in [3.8, 4) is 11.5 Å². The highest BCUT2D eigenvalue weighted by molar-refractivity contribution is 9.10. The molecule has 0 aliphatic heterocycles. The lowest BCUT2D eigenvalue weighted by Crippen LogP contribution is -1.95. The Morgan fingerprint density at radius 1 is 1.30 bits per heavy atom. The Morgan fingerprint density at radius 2 is 2.00 bits per heavy atom. The zero-order valence-electron chi connectivity index (χ0n) is 10.6. The van der Waals surface area contributed by atoms with Crippen molar-refractivity contribution in [3.63, 3.8) is 0 Å². The van der Waals surface area contributed by atoms with Gasteiger partial charge in [0.05, 0.1) is 11.0 Å². The summed E-state index contributed by atoms with van der Waals surface area (Å²) in [7, 11) is 0. The van der Waals surface area contributed by atoms with Crippen LogP contribution in [0.25, 0.3) is 0 Å². The number of aliphatic hydroxyl groups is 1. The van der Waals surface area contributed by atoms with E-state index in [1.807, 2.05) is 0 Å². The number of rotatable bonds is 4. The van der Waals surface area contributed by atoms with Gasteiger partial charge in [0.25, 0.3) is 0 Å². The molecule has 0 amide bonds. The number of para-hydroxylation sites is 2. The third-order valence-corrected chi connectivity index (χ3v) is 3.40. The summed E-state index contributed by atoms with van der Waals surface area (Å²) in [6.07, 6.45) is -0.607. The number of ether oxygens (including phenoxy) is 1. The number of halogens is 1. The summed E-state index contributed by atoms with van der Waals surface area (Å²) < 4.78 is 6.22. The van der Waals surface area contributed by atoms with Crippen LogP contribution in [0.3, 0.4) is 0 Å². The monoisotopic (exact) mass is 337 g/mol. The first-order valence-electron chi connectivity index (χ1n) is 5.88. The molecule has 2 aromatic rings. The van der Waals surface area contributed by atoms with E-state index in [1.165, 1.54) is 12.1 Å². The van der Waals surface area contributed by atoms with Crippen molar-refractivity contribution in [2.24, 2.45) is 0 Å². The Bertz CT molecular complexity index is 643. The summed E-state index contributed by atoms with van der Waals surface area (Å²) in [5.74, 6) is 0.629. The molecule has 0 saturated carbocycles. The fraction of sp³-hybridized carbons (Fsp3) is 0.143. The van der Waals surface area contributed by atoms with E-state index in [1.54, 1.807) is 37.3 Å². The molecule has 0 aliphatic rings. The van der Waals surface area contributed by atoms with E-state index in [4.69, 9.17) is 4.74 Å². The minimum absolute atomic E-state index is 0.0942. The molecule has 0 spiro atoms. The molecule has 1 atom stereocenters. The largest absolute Gasteiger partial charge is 0.450 e. The van der Waals surface area contributed by atoms with E-state index in [0.29, 0.717) is 10.2 Å². The molecule has 0 fully saturated rings. The Morgan fingerprint density at radius 3 is 2.60 bits per heavy atom. The van der Waals surface area contributed by atoms with Crippen molar-refractivity contribution in [2.75, 3.05) is 0 Å². The molecule has 2 aromatic carbocycles. The van der Waals surface area contributed by atoms with Gasteiger partial charge in [-0.25, -0.2) is 0 Å². The molecular formula is C14H12BrNO4. The van der Waals surface area contributed by atoms with Crippen LogP contribution in [0.1, 0.15) is 18.6 Å². The van der Waals surface area contributed by atoms with Crippen molar-refractivity contribution in [3.05, 3.63) is 62.6 Å². The lowest BCUT2D eigenvalue weighted by Gasteiger charge is -2.10. The summed E-state index contributed by atoms with van der Waals surface area (Å²) >= 11 is 3.33. The van der Waals surface area contributed by atoms with Crippen LogP contribution in [0, 0.1) is 10.1 Å². The zero-order valence-corrected chi connectivity index (χ0v) is 12.2. The molecule has 6 heteroatoms. The van der Waals surface area contributed by atoms with E-state index < -0.39 is 11.0 Å². The molecule has 0 aliphatic carbocycles. The van der Waals surface area contributed by atoms with Gasteiger partial charge in [0.1, 0.15) is 5.75 Å². The van der Waals surface area contributed by atoms with E-state index in [2.05, 4.69) is 15.9 Å². The van der Waals surface area contributed by atoms with Gasteiger partial charge in [0.15, 0.2) is 0 Å². The fourth-order valence-corrected chi connectivity index (χ4v) is 2.42. The highest BCUT2D eigenvalue weighted by Crippen LogP contribution is 2.34. The summed E-state index contributed by atoms with van der Waals surface area (Å²) in [6, 6.07) is 11.2. The molecule has 0 unspecified atom stereocenters. The van der Waals surface area contributed by atoms with Gasteiger partial charge >= 0.3 is 5.69 Å². The minimum atomic E-state index is -0.607. The highest BCUT2D eigenvalue weighted by Gasteiger charge is 2.15. The number of nitrogens with zero attached hydrogens (tertiary/aromatic N) is 1. The Balaban J connectivity index is 2.31. The highest BCUT2D eigenvalue weighted by atomic mass is 79.9. The summed E-state index contributed by atoms with van der Waals surface area (Å²) in [4.78, 5) is 10.4. The van der Waals surface area contributed by atoms with Gasteiger partial charge in [-0.15, -0.1) is 0 Å². The first kappa shape index (κ1) is 14.5. The molecule has 5 nitrogen and oxygen atoms in total. The first-order valence-corrected chi connectivity index (χ1v) is 6.67. The maximum absolute atomic E-state index is 10.9. The quantitative estimate of drug-likeness (QED) is 0.670. The molecule has 2 rings (SSSR count). The van der Waals surface area contributed by atoms with Crippen LogP contribution >= 0.6 is 15.9 Å². The van der Waals surface area contributed by atoms with Crippen LogP contribution in [-0.4, -0.2) is 10.0 Å². The van der Waals surface area contributed by atoms with Gasteiger partial charge in [-0.05, 0) is 30.7 Å². The SMILES string of the molecule is C[C@@H](O)c1ccc(Oc2ccccc2[N+](=O)[O-])cc1Br. The van der Waals surface area contributed by atoms with E-state index >= 15 is 0 Å². The third kappa shape index (κ3) is 3.15. The van der Waals surface area contributed by atoms with Crippen LogP contribution in [0.4, 0.5) is 5.69 Å². The van der Waals surface area contributed by atoms with E-state index in [-0.39, 0.29) is 11.4 Å². The number of nitro groups is 1. The molecule has 0 aromatic heterocycles. The summed E-state index contributed by atoms with van der Waals surface area (Å²) in [5.41, 5.74) is 0.628. The van der Waals surface area contributed by atoms with Gasteiger partial charge in [-0.3, -0.25) is 10.1 Å². The van der Waals surface area contributed by atoms with Crippen LogP contribution in [-0.2, 0) is 0 Å². The zero-order chi connectivity index (χ0) is 14.7. The van der Waals surface area contributed by atoms with Crippen molar-refractivity contribution in [1.29, 1.82) is 0 Å².